The number of rotatable bonds is 11. The van der Waals surface area contributed by atoms with E-state index in [1.54, 1.807) is 0 Å². The van der Waals surface area contributed by atoms with Crippen LogP contribution in [0.1, 0.15) is 49.1 Å². The molecule has 2 unspecified atom stereocenters. The second-order valence-electron chi connectivity index (χ2n) is 11.3. The highest BCUT2D eigenvalue weighted by Crippen LogP contribution is 2.38. The molecule has 0 saturated heterocycles. The molecule has 0 saturated carbocycles. The first-order valence-corrected chi connectivity index (χ1v) is 16.9. The third-order valence-corrected chi connectivity index (χ3v) is 11.2. The van der Waals surface area contributed by atoms with E-state index in [4.69, 9.17) is 4.74 Å². The first-order chi connectivity index (χ1) is 20.8. The molecule has 0 radical (unpaired) electrons. The van der Waals surface area contributed by atoms with Gasteiger partial charge in [-0.1, -0.05) is 128 Å². The van der Waals surface area contributed by atoms with Crippen LogP contribution in [0.15, 0.2) is 140 Å². The average molecular weight is 604 g/mol. The predicted octanol–water partition coefficient (Wildman–Crippen LogP) is 7.81. The Hall–Kier alpha value is -3.82. The Kier molecular flexibility index (Phi) is 10.0. The highest BCUT2D eigenvalue weighted by molar-refractivity contribution is 7.84. The lowest BCUT2D eigenvalue weighted by Gasteiger charge is -2.29. The van der Waals surface area contributed by atoms with E-state index in [1.165, 1.54) is 15.9 Å². The van der Waals surface area contributed by atoms with Crippen LogP contribution in [0.25, 0.3) is 6.08 Å². The molecule has 0 aliphatic rings. The molecule has 3 nitrogen and oxygen atoms in total. The molecule has 0 heterocycles. The Morgan fingerprint density at radius 3 is 1.88 bits per heavy atom. The standard InChI is InChI=1S/C38H38NO2PS/c1-5-29-21-23-30(24-22-29)28-41-32-25-26-36(42(33-17-11-7-12-18-33)34-19-13-8-14-20-34)35(27-32)37(31-15-9-6-10-16-31)39-43(40)38(2,3)4/h5-27,37,39H,1,28H2,2-4H3. The van der Waals surface area contributed by atoms with Crippen molar-refractivity contribution >= 4 is 40.9 Å². The minimum atomic E-state index is -1.31. The molecule has 5 heteroatoms. The van der Waals surface area contributed by atoms with Crippen LogP contribution in [-0.2, 0) is 17.6 Å². The zero-order valence-corrected chi connectivity index (χ0v) is 26.7. The van der Waals surface area contributed by atoms with Gasteiger partial charge in [-0.15, -0.1) is 0 Å². The fourth-order valence-corrected chi connectivity index (χ4v) is 8.10. The maximum atomic E-state index is 13.7. The Morgan fingerprint density at radius 1 is 0.791 bits per heavy atom. The molecule has 5 aromatic rings. The van der Waals surface area contributed by atoms with Gasteiger partial charge in [0, 0.05) is 0 Å². The lowest BCUT2D eigenvalue weighted by molar-refractivity contribution is 0.306. The zero-order valence-electron chi connectivity index (χ0n) is 24.9. The van der Waals surface area contributed by atoms with E-state index >= 15 is 0 Å². The van der Waals surface area contributed by atoms with Crippen LogP contribution >= 0.6 is 7.92 Å². The van der Waals surface area contributed by atoms with Gasteiger partial charge >= 0.3 is 0 Å². The maximum absolute atomic E-state index is 13.7. The third kappa shape index (κ3) is 7.77. The van der Waals surface area contributed by atoms with Crippen molar-refractivity contribution in [2.75, 3.05) is 0 Å². The molecule has 0 spiro atoms. The van der Waals surface area contributed by atoms with Gasteiger partial charge < -0.3 is 4.74 Å². The largest absolute Gasteiger partial charge is 0.489 e. The van der Waals surface area contributed by atoms with Gasteiger partial charge in [0.2, 0.25) is 0 Å². The smallest absolute Gasteiger partial charge is 0.120 e. The van der Waals surface area contributed by atoms with Crippen LogP contribution in [0.2, 0.25) is 0 Å². The lowest BCUT2D eigenvalue weighted by Crippen LogP contribution is -2.38. The lowest BCUT2D eigenvalue weighted by atomic mass is 9.99. The van der Waals surface area contributed by atoms with Gasteiger partial charge in [0.1, 0.15) is 12.4 Å². The van der Waals surface area contributed by atoms with Gasteiger partial charge in [-0.25, -0.2) is 8.93 Å². The number of ether oxygens (including phenoxy) is 1. The van der Waals surface area contributed by atoms with E-state index in [0.717, 1.165) is 28.0 Å². The minimum Gasteiger partial charge on any atom is -0.489 e. The molecule has 218 valence electrons. The van der Waals surface area contributed by atoms with Crippen LogP contribution in [0.4, 0.5) is 0 Å². The van der Waals surface area contributed by atoms with Crippen molar-refractivity contribution in [2.45, 2.75) is 38.2 Å². The molecule has 5 rings (SSSR count). The first-order valence-electron chi connectivity index (χ1n) is 14.4. The number of hydrogen-bond donors (Lipinski definition) is 1. The molecular formula is C38H38NO2PS. The van der Waals surface area contributed by atoms with Crippen LogP contribution in [0.5, 0.6) is 5.75 Å². The Balaban J connectivity index is 1.65. The molecule has 0 bridgehead atoms. The quantitative estimate of drug-likeness (QED) is 0.157. The summed E-state index contributed by atoms with van der Waals surface area (Å²) in [6.45, 7) is 10.3. The van der Waals surface area contributed by atoms with Gasteiger partial charge in [-0.05, 0) is 85.1 Å². The summed E-state index contributed by atoms with van der Waals surface area (Å²) in [5.41, 5.74) is 4.27. The van der Waals surface area contributed by atoms with Crippen molar-refractivity contribution in [1.82, 2.24) is 4.72 Å². The van der Waals surface area contributed by atoms with E-state index < -0.39 is 23.7 Å². The van der Waals surface area contributed by atoms with Crippen LogP contribution in [-0.4, -0.2) is 8.96 Å². The van der Waals surface area contributed by atoms with Gasteiger partial charge in [0.15, 0.2) is 0 Å². The second kappa shape index (κ2) is 14.1. The van der Waals surface area contributed by atoms with E-state index in [1.807, 2.05) is 57.2 Å². The fourth-order valence-electron chi connectivity index (χ4n) is 4.80. The SMILES string of the molecule is C=Cc1ccc(COc2ccc(P(c3ccccc3)c3ccccc3)c(C(NS(=O)C(C)(C)C)c3ccccc3)c2)cc1. The van der Waals surface area contributed by atoms with Crippen LogP contribution < -0.4 is 25.4 Å². The van der Waals surface area contributed by atoms with E-state index in [0.29, 0.717) is 6.61 Å². The molecule has 0 fully saturated rings. The number of benzene rings is 5. The van der Waals surface area contributed by atoms with Crippen molar-refractivity contribution in [1.29, 1.82) is 0 Å². The molecule has 1 N–H and O–H groups in total. The third-order valence-electron chi connectivity index (χ3n) is 7.11. The normalized spacial score (nSPS) is 12.9. The zero-order chi connectivity index (χ0) is 30.2. The molecule has 0 aromatic heterocycles. The molecule has 43 heavy (non-hydrogen) atoms. The minimum absolute atomic E-state index is 0.316. The molecule has 0 aliphatic heterocycles. The summed E-state index contributed by atoms with van der Waals surface area (Å²) in [5.74, 6) is 0.770. The summed E-state index contributed by atoms with van der Waals surface area (Å²) in [6.07, 6.45) is 1.84. The van der Waals surface area contributed by atoms with E-state index in [9.17, 15) is 4.21 Å². The summed E-state index contributed by atoms with van der Waals surface area (Å²) in [6, 6.07) is 46.0. The molecule has 5 aromatic carbocycles. The van der Waals surface area contributed by atoms with Crippen molar-refractivity contribution in [3.05, 3.63) is 162 Å². The second-order valence-corrected chi connectivity index (χ2v) is 15.5. The van der Waals surface area contributed by atoms with Crippen molar-refractivity contribution in [2.24, 2.45) is 0 Å². The summed E-state index contributed by atoms with van der Waals surface area (Å²) in [4.78, 5) is 0. The van der Waals surface area contributed by atoms with Gasteiger partial charge in [-0.2, -0.15) is 0 Å². The monoisotopic (exact) mass is 603 g/mol. The van der Waals surface area contributed by atoms with Gasteiger partial charge in [0.25, 0.3) is 0 Å². The highest BCUT2D eigenvalue weighted by Gasteiger charge is 2.29. The maximum Gasteiger partial charge on any atom is 0.120 e. The van der Waals surface area contributed by atoms with Gasteiger partial charge in [-0.3, -0.25) is 0 Å². The van der Waals surface area contributed by atoms with Gasteiger partial charge in [0.05, 0.1) is 21.8 Å². The molecular weight excluding hydrogens is 565 g/mol. The topological polar surface area (TPSA) is 38.3 Å². The molecule has 2 atom stereocenters. The summed E-state index contributed by atoms with van der Waals surface area (Å²) in [5, 5.41) is 3.71. The van der Waals surface area contributed by atoms with E-state index in [2.05, 4.69) is 114 Å². The fraction of sp³-hybridized carbons (Fsp3) is 0.158. The molecule has 0 aliphatic carbocycles. The van der Waals surface area contributed by atoms with Crippen LogP contribution in [0.3, 0.4) is 0 Å². The summed E-state index contributed by atoms with van der Waals surface area (Å²) < 4.78 is 23.1. The summed E-state index contributed by atoms with van der Waals surface area (Å²) in [7, 11) is -2.23. The Bertz CT molecular complexity index is 1610. The molecule has 0 amide bonds. The Labute approximate surface area is 260 Å². The van der Waals surface area contributed by atoms with Crippen molar-refractivity contribution in [3.63, 3.8) is 0 Å². The Morgan fingerprint density at radius 2 is 1.35 bits per heavy atom. The first kappa shape index (κ1) is 30.6. The van der Waals surface area contributed by atoms with Crippen LogP contribution in [0, 0.1) is 0 Å². The van der Waals surface area contributed by atoms with Crippen molar-refractivity contribution in [3.8, 4) is 5.75 Å². The van der Waals surface area contributed by atoms with Crippen molar-refractivity contribution < 1.29 is 8.95 Å². The van der Waals surface area contributed by atoms with E-state index in [-0.39, 0.29) is 6.04 Å². The number of nitrogens with one attached hydrogen (secondary N) is 1. The summed E-state index contributed by atoms with van der Waals surface area (Å²) >= 11 is 0. The predicted molar refractivity (Wildman–Crippen MR) is 185 cm³/mol. The average Bonchev–Trinajstić information content (AvgIpc) is 3.04. The number of hydrogen-bond acceptors (Lipinski definition) is 2. The highest BCUT2D eigenvalue weighted by atomic mass is 32.2.